The Morgan fingerprint density at radius 1 is 1.07 bits per heavy atom. The van der Waals surface area contributed by atoms with Crippen LogP contribution in [0.25, 0.3) is 11.3 Å². The zero-order valence-electron chi connectivity index (χ0n) is 23.7. The minimum atomic E-state index is -1.10. The number of piperidine rings is 1. The number of aromatic nitrogens is 2. The van der Waals surface area contributed by atoms with Crippen molar-refractivity contribution >= 4 is 6.03 Å². The van der Waals surface area contributed by atoms with Gasteiger partial charge in [0.05, 0.1) is 37.3 Å². The summed E-state index contributed by atoms with van der Waals surface area (Å²) in [5.41, 5.74) is 0.788. The second-order valence-electron chi connectivity index (χ2n) is 11.8. The number of benzene rings is 2. The van der Waals surface area contributed by atoms with E-state index in [0.29, 0.717) is 31.7 Å². The molecule has 3 heterocycles. The lowest BCUT2D eigenvalue weighted by atomic mass is 9.66. The summed E-state index contributed by atoms with van der Waals surface area (Å²) in [4.78, 5) is 35.7. The molecule has 41 heavy (non-hydrogen) atoms. The molecule has 2 amide bonds. The van der Waals surface area contributed by atoms with Crippen LogP contribution < -0.4 is 15.6 Å². The van der Waals surface area contributed by atoms with Gasteiger partial charge >= 0.3 is 6.03 Å². The Labute approximate surface area is 240 Å². The van der Waals surface area contributed by atoms with Crippen LogP contribution >= 0.6 is 0 Å². The molecule has 2 unspecified atom stereocenters. The summed E-state index contributed by atoms with van der Waals surface area (Å²) >= 11 is 0. The maximum Gasteiger partial charge on any atom is 0.320 e. The van der Waals surface area contributed by atoms with Gasteiger partial charge in [-0.2, -0.15) is 0 Å². The Bertz CT molecular complexity index is 1420. The smallest absolute Gasteiger partial charge is 0.320 e. The minimum Gasteiger partial charge on any atom is -0.497 e. The average Bonchev–Trinajstić information content (AvgIpc) is 3.50. The number of hydrogen-bond donors (Lipinski definition) is 2. The normalized spacial score (nSPS) is 24.0. The van der Waals surface area contributed by atoms with Gasteiger partial charge in [0, 0.05) is 49.8 Å². The number of urea groups is 1. The number of hydrogen-bond acceptors (Lipinski definition) is 6. The van der Waals surface area contributed by atoms with Gasteiger partial charge in [0.15, 0.2) is 0 Å². The van der Waals surface area contributed by atoms with Crippen LogP contribution in [0.15, 0.2) is 71.8 Å². The van der Waals surface area contributed by atoms with E-state index in [9.17, 15) is 14.7 Å². The zero-order chi connectivity index (χ0) is 28.5. The Morgan fingerprint density at radius 3 is 2.54 bits per heavy atom. The number of nitrogens with zero attached hydrogens (tertiary/aromatic N) is 4. The van der Waals surface area contributed by atoms with Crippen LogP contribution in [0.1, 0.15) is 43.7 Å². The molecular formula is C32H39N5O4. The van der Waals surface area contributed by atoms with E-state index in [-0.39, 0.29) is 24.2 Å². The largest absolute Gasteiger partial charge is 0.497 e. The molecule has 9 nitrogen and oxygen atoms in total. The summed E-state index contributed by atoms with van der Waals surface area (Å²) in [6.07, 6.45) is 5.66. The summed E-state index contributed by atoms with van der Waals surface area (Å²) in [5.74, 6) is 0.739. The summed E-state index contributed by atoms with van der Waals surface area (Å²) < 4.78 is 6.76. The Kier molecular flexibility index (Phi) is 7.57. The van der Waals surface area contributed by atoms with Crippen LogP contribution in [0.5, 0.6) is 5.75 Å². The second kappa shape index (κ2) is 11.3. The summed E-state index contributed by atoms with van der Waals surface area (Å²) in [6.45, 7) is 3.26. The lowest BCUT2D eigenvalue weighted by Crippen LogP contribution is -2.64. The highest BCUT2D eigenvalue weighted by molar-refractivity contribution is 5.75. The molecule has 2 aliphatic heterocycles. The van der Waals surface area contributed by atoms with E-state index < -0.39 is 11.0 Å². The third-order valence-corrected chi connectivity index (χ3v) is 9.48. The van der Waals surface area contributed by atoms with E-state index in [2.05, 4.69) is 22.4 Å². The number of ether oxygens (including phenoxy) is 1. The van der Waals surface area contributed by atoms with Gasteiger partial charge in [-0.15, -0.1) is 0 Å². The number of nitrogens with one attached hydrogen (secondary N) is 1. The fourth-order valence-corrected chi connectivity index (χ4v) is 7.10. The van der Waals surface area contributed by atoms with Crippen molar-refractivity contribution in [2.45, 2.75) is 50.3 Å². The Hall–Kier alpha value is -3.69. The predicted molar refractivity (Wildman–Crippen MR) is 157 cm³/mol. The summed E-state index contributed by atoms with van der Waals surface area (Å²) in [6, 6.07) is 19.2. The lowest BCUT2D eigenvalue weighted by Gasteiger charge is -2.53. The van der Waals surface area contributed by atoms with E-state index in [1.54, 1.807) is 13.4 Å². The SMILES string of the molecule is COc1ccc(-c2cc(=O)n(CC3(O)CCN(C(=O)N4CCNCC4c4ccccc4)CC34CCCC4)cn2)cc1. The van der Waals surface area contributed by atoms with Crippen molar-refractivity contribution < 1.29 is 14.6 Å². The molecule has 3 aromatic rings. The number of likely N-dealkylation sites (tertiary alicyclic amines) is 1. The highest BCUT2D eigenvalue weighted by Crippen LogP contribution is 2.51. The van der Waals surface area contributed by atoms with Crippen molar-refractivity contribution in [1.82, 2.24) is 24.7 Å². The molecular weight excluding hydrogens is 518 g/mol. The predicted octanol–water partition coefficient (Wildman–Crippen LogP) is 3.68. The molecule has 2 aromatic carbocycles. The number of aliphatic hydroxyl groups is 1. The van der Waals surface area contributed by atoms with E-state index in [1.807, 2.05) is 52.3 Å². The van der Waals surface area contributed by atoms with E-state index >= 15 is 0 Å². The molecule has 3 aliphatic rings. The quantitative estimate of drug-likeness (QED) is 0.497. The van der Waals surface area contributed by atoms with Crippen molar-refractivity contribution in [3.05, 3.63) is 82.9 Å². The maximum absolute atomic E-state index is 14.0. The molecule has 216 valence electrons. The monoisotopic (exact) mass is 557 g/mol. The molecule has 2 saturated heterocycles. The van der Waals surface area contributed by atoms with Crippen LogP contribution in [0, 0.1) is 5.41 Å². The van der Waals surface area contributed by atoms with Crippen LogP contribution in [0.4, 0.5) is 4.79 Å². The summed E-state index contributed by atoms with van der Waals surface area (Å²) in [5, 5.41) is 15.7. The number of piperazine rings is 1. The van der Waals surface area contributed by atoms with Gasteiger partial charge < -0.3 is 25.0 Å². The first-order chi connectivity index (χ1) is 19.9. The minimum absolute atomic E-state index is 0.0216. The third kappa shape index (κ3) is 5.24. The van der Waals surface area contributed by atoms with Crippen molar-refractivity contribution in [1.29, 1.82) is 0 Å². The number of rotatable bonds is 5. The van der Waals surface area contributed by atoms with Crippen molar-refractivity contribution in [2.24, 2.45) is 5.41 Å². The highest BCUT2D eigenvalue weighted by Gasteiger charge is 2.56. The van der Waals surface area contributed by atoms with E-state index in [0.717, 1.165) is 55.6 Å². The molecule has 3 fully saturated rings. The number of amides is 2. The first kappa shape index (κ1) is 27.5. The standard InChI is InChI=1S/C32H39N5O4/c1-41-26-11-9-24(10-12-26)27-19-29(38)36(23-34-27)22-32(40)15-17-35(21-31(32)13-5-6-14-31)30(39)37-18-16-33-20-28(37)25-7-3-2-4-8-25/h2-4,7-12,19,23,28,33,40H,5-6,13-18,20-22H2,1H3. The topological polar surface area (TPSA) is 99.9 Å². The molecule has 1 aliphatic carbocycles. The molecule has 0 radical (unpaired) electrons. The van der Waals surface area contributed by atoms with Gasteiger partial charge in [-0.3, -0.25) is 9.36 Å². The van der Waals surface area contributed by atoms with Gasteiger partial charge in [-0.25, -0.2) is 9.78 Å². The third-order valence-electron chi connectivity index (χ3n) is 9.48. The molecule has 0 bridgehead atoms. The van der Waals surface area contributed by atoms with Gasteiger partial charge in [0.25, 0.3) is 5.56 Å². The molecule has 6 rings (SSSR count). The Morgan fingerprint density at radius 2 is 1.83 bits per heavy atom. The average molecular weight is 558 g/mol. The fourth-order valence-electron chi connectivity index (χ4n) is 7.10. The van der Waals surface area contributed by atoms with Gasteiger partial charge in [-0.05, 0) is 49.1 Å². The molecule has 2 atom stereocenters. The van der Waals surface area contributed by atoms with Gasteiger partial charge in [0.2, 0.25) is 0 Å². The first-order valence-electron chi connectivity index (χ1n) is 14.7. The van der Waals surface area contributed by atoms with Crippen LogP contribution in [-0.2, 0) is 6.54 Å². The summed E-state index contributed by atoms with van der Waals surface area (Å²) in [7, 11) is 1.61. The highest BCUT2D eigenvalue weighted by atomic mass is 16.5. The number of carbonyl (C=O) groups is 1. The molecule has 1 saturated carbocycles. The first-order valence-corrected chi connectivity index (χ1v) is 14.7. The van der Waals surface area contributed by atoms with Crippen molar-refractivity contribution in [2.75, 3.05) is 39.8 Å². The van der Waals surface area contributed by atoms with Gasteiger partial charge in [0.1, 0.15) is 5.75 Å². The van der Waals surface area contributed by atoms with E-state index in [1.165, 1.54) is 10.6 Å². The van der Waals surface area contributed by atoms with Crippen molar-refractivity contribution in [3.8, 4) is 17.0 Å². The lowest BCUT2D eigenvalue weighted by molar-refractivity contribution is -0.137. The second-order valence-corrected chi connectivity index (χ2v) is 11.8. The molecule has 2 N–H and O–H groups in total. The van der Waals surface area contributed by atoms with Crippen LogP contribution in [-0.4, -0.2) is 75.9 Å². The molecule has 1 aromatic heterocycles. The van der Waals surface area contributed by atoms with Gasteiger partial charge in [-0.1, -0.05) is 43.2 Å². The Balaban J connectivity index is 1.21. The molecule has 1 spiro atoms. The van der Waals surface area contributed by atoms with Crippen molar-refractivity contribution in [3.63, 3.8) is 0 Å². The number of methoxy groups -OCH3 is 1. The molecule has 9 heteroatoms. The van der Waals surface area contributed by atoms with Crippen LogP contribution in [0.2, 0.25) is 0 Å². The van der Waals surface area contributed by atoms with Crippen LogP contribution in [0.3, 0.4) is 0 Å². The number of carbonyl (C=O) groups excluding carboxylic acids is 1. The van der Waals surface area contributed by atoms with E-state index in [4.69, 9.17) is 4.74 Å². The maximum atomic E-state index is 14.0. The zero-order valence-corrected chi connectivity index (χ0v) is 23.7. The fraction of sp³-hybridized carbons (Fsp3) is 0.469.